The van der Waals surface area contributed by atoms with E-state index in [1.807, 2.05) is 12.3 Å². The van der Waals surface area contributed by atoms with E-state index in [2.05, 4.69) is 15.2 Å². The van der Waals surface area contributed by atoms with Crippen LogP contribution in [0.2, 0.25) is 0 Å². The zero-order valence-corrected chi connectivity index (χ0v) is 4.78. The van der Waals surface area contributed by atoms with E-state index in [1.165, 1.54) is 5.56 Å². The molecule has 2 heterocycles. The topological polar surface area (TPSA) is 38.1 Å². The van der Waals surface area contributed by atoms with E-state index in [-0.39, 0.29) is 0 Å². The van der Waals surface area contributed by atoms with Crippen LogP contribution in [-0.2, 0) is 6.42 Å². The van der Waals surface area contributed by atoms with Crippen LogP contribution >= 0.6 is 0 Å². The minimum absolute atomic E-state index is 0.775. The smallest absolute Gasteiger partial charge is 0.177 e. The van der Waals surface area contributed by atoms with Crippen molar-refractivity contribution in [2.45, 2.75) is 6.42 Å². The van der Waals surface area contributed by atoms with E-state index < -0.39 is 0 Å². The van der Waals surface area contributed by atoms with Crippen LogP contribution in [0.15, 0.2) is 17.3 Å². The first kappa shape index (κ1) is 4.61. The normalized spacial score (nSPS) is 13.8. The number of hydrogen-bond donors (Lipinski definition) is 0. The highest BCUT2D eigenvalue weighted by atomic mass is 15.1. The van der Waals surface area contributed by atoms with E-state index in [0.717, 1.165) is 12.2 Å². The molecule has 0 fully saturated rings. The van der Waals surface area contributed by atoms with Crippen LogP contribution in [0.25, 0.3) is 0 Å². The van der Waals surface area contributed by atoms with Crippen LogP contribution in [0.3, 0.4) is 0 Å². The third kappa shape index (κ3) is 0.614. The van der Waals surface area contributed by atoms with Crippen LogP contribution < -0.4 is 0 Å². The zero-order valence-electron chi connectivity index (χ0n) is 4.78. The van der Waals surface area contributed by atoms with Crippen molar-refractivity contribution in [3.8, 4) is 0 Å². The Balaban J connectivity index is 2.63. The number of fused-ring (bicyclic) bond motifs is 1. The summed E-state index contributed by atoms with van der Waals surface area (Å²) in [5.41, 5.74) is 1.17. The Hall–Kier alpha value is -1.25. The molecule has 3 heteroatoms. The number of hydrogen-bond acceptors (Lipinski definition) is 3. The Kier molecular flexibility index (Phi) is 0.828. The van der Waals surface area contributed by atoms with Crippen molar-refractivity contribution < 1.29 is 0 Å². The van der Waals surface area contributed by atoms with Gasteiger partial charge in [-0.15, -0.1) is 5.10 Å². The second-order valence-electron chi connectivity index (χ2n) is 1.90. The van der Waals surface area contributed by atoms with Crippen molar-refractivity contribution in [3.05, 3.63) is 17.8 Å². The van der Waals surface area contributed by atoms with Crippen molar-refractivity contribution in [1.29, 1.82) is 0 Å². The summed E-state index contributed by atoms with van der Waals surface area (Å²) >= 11 is 0. The predicted molar refractivity (Wildman–Crippen MR) is 33.9 cm³/mol. The van der Waals surface area contributed by atoms with Crippen LogP contribution in [0.5, 0.6) is 0 Å². The molecular weight excluding hydrogens is 114 g/mol. The van der Waals surface area contributed by atoms with Crippen LogP contribution in [0.4, 0.5) is 5.82 Å². The summed E-state index contributed by atoms with van der Waals surface area (Å²) in [6, 6.07) is 1.94. The lowest BCUT2D eigenvalue weighted by Gasteiger charge is -1.88. The molecule has 2 rings (SSSR count). The second kappa shape index (κ2) is 1.62. The van der Waals surface area contributed by atoms with Gasteiger partial charge in [0.2, 0.25) is 0 Å². The Bertz CT molecular complexity index is 254. The first-order valence-corrected chi connectivity index (χ1v) is 2.80. The maximum Gasteiger partial charge on any atom is 0.177 e. The quantitative estimate of drug-likeness (QED) is 0.505. The molecule has 0 amide bonds. The summed E-state index contributed by atoms with van der Waals surface area (Å²) in [5, 5.41) is 7.50. The number of rotatable bonds is 0. The van der Waals surface area contributed by atoms with Gasteiger partial charge in [0.1, 0.15) is 0 Å². The lowest BCUT2D eigenvalue weighted by molar-refractivity contribution is 1.02. The first-order chi connectivity index (χ1) is 4.47. The molecule has 1 aromatic rings. The highest BCUT2D eigenvalue weighted by Gasteiger charge is 2.04. The average molecular weight is 119 g/mol. The molecule has 0 radical (unpaired) electrons. The number of aliphatic imine (C=N–C) groups is 1. The molecule has 1 aromatic heterocycles. The summed E-state index contributed by atoms with van der Waals surface area (Å²) in [6.07, 6.45) is 4.44. The van der Waals surface area contributed by atoms with Crippen LogP contribution in [0.1, 0.15) is 5.56 Å². The minimum atomic E-state index is 0.775. The SMILES string of the molecule is C1=Nc2nnccc2C1. The maximum atomic E-state index is 4.00. The van der Waals surface area contributed by atoms with Gasteiger partial charge in [-0.3, -0.25) is 0 Å². The molecule has 0 saturated carbocycles. The van der Waals surface area contributed by atoms with E-state index in [1.54, 1.807) is 6.20 Å². The fraction of sp³-hybridized carbons (Fsp3) is 0.167. The molecule has 0 aliphatic carbocycles. The minimum Gasteiger partial charge on any atom is -0.239 e. The number of nitrogens with zero attached hydrogens (tertiary/aromatic N) is 3. The van der Waals surface area contributed by atoms with E-state index >= 15 is 0 Å². The van der Waals surface area contributed by atoms with E-state index in [9.17, 15) is 0 Å². The number of aromatic nitrogens is 2. The second-order valence-corrected chi connectivity index (χ2v) is 1.90. The Labute approximate surface area is 52.5 Å². The highest BCUT2D eigenvalue weighted by molar-refractivity contribution is 5.73. The van der Waals surface area contributed by atoms with Gasteiger partial charge >= 0.3 is 0 Å². The van der Waals surface area contributed by atoms with Crippen LogP contribution in [0, 0.1) is 0 Å². The largest absolute Gasteiger partial charge is 0.239 e. The van der Waals surface area contributed by atoms with Gasteiger partial charge in [-0.1, -0.05) is 0 Å². The van der Waals surface area contributed by atoms with Gasteiger partial charge in [-0.2, -0.15) is 5.10 Å². The molecule has 1 aliphatic rings. The van der Waals surface area contributed by atoms with Gasteiger partial charge < -0.3 is 0 Å². The molecule has 1 aliphatic heterocycles. The van der Waals surface area contributed by atoms with Crippen LogP contribution in [-0.4, -0.2) is 16.4 Å². The van der Waals surface area contributed by atoms with Crippen molar-refractivity contribution in [2.24, 2.45) is 4.99 Å². The maximum absolute atomic E-state index is 4.00. The molecule has 0 saturated heterocycles. The lowest BCUT2D eigenvalue weighted by Crippen LogP contribution is -1.82. The molecule has 3 nitrogen and oxygen atoms in total. The van der Waals surface area contributed by atoms with Gasteiger partial charge in [-0.05, 0) is 6.07 Å². The Morgan fingerprint density at radius 1 is 1.44 bits per heavy atom. The molecule has 0 N–H and O–H groups in total. The van der Waals surface area contributed by atoms with Gasteiger partial charge in [0.25, 0.3) is 0 Å². The average Bonchev–Trinajstić information content (AvgIpc) is 2.33. The summed E-state index contributed by atoms with van der Waals surface area (Å²) in [5.74, 6) is 0.775. The standard InChI is InChI=1S/C6H5N3/c1-3-7-6-5(1)2-4-8-9-6/h2-4H,1H2. The summed E-state index contributed by atoms with van der Waals surface area (Å²) in [6.45, 7) is 0. The lowest BCUT2D eigenvalue weighted by atomic mass is 10.2. The summed E-state index contributed by atoms with van der Waals surface area (Å²) in [4.78, 5) is 4.00. The fourth-order valence-corrected chi connectivity index (χ4v) is 0.849. The van der Waals surface area contributed by atoms with Crippen molar-refractivity contribution in [3.63, 3.8) is 0 Å². The van der Waals surface area contributed by atoms with Crippen molar-refractivity contribution in [1.82, 2.24) is 10.2 Å². The molecule has 44 valence electrons. The third-order valence-electron chi connectivity index (χ3n) is 1.31. The van der Waals surface area contributed by atoms with Gasteiger partial charge in [0.05, 0.1) is 6.20 Å². The molecule has 0 spiro atoms. The van der Waals surface area contributed by atoms with Gasteiger partial charge in [0, 0.05) is 18.2 Å². The summed E-state index contributed by atoms with van der Waals surface area (Å²) in [7, 11) is 0. The third-order valence-corrected chi connectivity index (χ3v) is 1.31. The van der Waals surface area contributed by atoms with Gasteiger partial charge in [-0.25, -0.2) is 4.99 Å². The zero-order chi connectivity index (χ0) is 6.10. The molecule has 0 aromatic carbocycles. The van der Waals surface area contributed by atoms with Crippen molar-refractivity contribution >= 4 is 12.0 Å². The molecular formula is C6H5N3. The molecule has 9 heavy (non-hydrogen) atoms. The monoisotopic (exact) mass is 119 g/mol. The van der Waals surface area contributed by atoms with E-state index in [4.69, 9.17) is 0 Å². The summed E-state index contributed by atoms with van der Waals surface area (Å²) < 4.78 is 0. The van der Waals surface area contributed by atoms with E-state index in [0.29, 0.717) is 0 Å². The Morgan fingerprint density at radius 2 is 2.44 bits per heavy atom. The molecule has 0 bridgehead atoms. The first-order valence-electron chi connectivity index (χ1n) is 2.80. The Morgan fingerprint density at radius 3 is 3.33 bits per heavy atom. The predicted octanol–water partition coefficient (Wildman–Crippen LogP) is 0.735. The van der Waals surface area contributed by atoms with Crippen molar-refractivity contribution in [2.75, 3.05) is 0 Å². The highest BCUT2D eigenvalue weighted by Crippen LogP contribution is 2.17. The molecule has 0 atom stereocenters. The molecule has 0 unspecified atom stereocenters. The fourth-order valence-electron chi connectivity index (χ4n) is 0.849. The van der Waals surface area contributed by atoms with Gasteiger partial charge in [0.15, 0.2) is 5.82 Å².